The van der Waals surface area contributed by atoms with Crippen LogP contribution in [0.4, 0.5) is 0 Å². The van der Waals surface area contributed by atoms with Crippen LogP contribution in [0.3, 0.4) is 0 Å². The molecule has 1 aliphatic rings. The molecular formula is C18H20N6O4. The SMILES string of the molecule is Cc1cc(C[C@@H]2CN(C(=O)COc3ccc(-n4cnnn4)cc3)C[C@H]2O)on1. The molecule has 1 aromatic carbocycles. The first-order valence-electron chi connectivity index (χ1n) is 8.93. The number of amides is 1. The number of carbonyl (C=O) groups excluding carboxylic acids is 1. The van der Waals surface area contributed by atoms with E-state index >= 15 is 0 Å². The van der Waals surface area contributed by atoms with Crippen LogP contribution in [0.15, 0.2) is 41.2 Å². The number of tetrazole rings is 1. The molecule has 4 rings (SSSR count). The summed E-state index contributed by atoms with van der Waals surface area (Å²) in [6.45, 7) is 2.51. The zero-order valence-corrected chi connectivity index (χ0v) is 15.3. The summed E-state index contributed by atoms with van der Waals surface area (Å²) in [5, 5.41) is 25.1. The summed E-state index contributed by atoms with van der Waals surface area (Å²) in [7, 11) is 0. The van der Waals surface area contributed by atoms with Crippen molar-refractivity contribution >= 4 is 5.91 Å². The number of aliphatic hydroxyl groups excluding tert-OH is 1. The summed E-state index contributed by atoms with van der Waals surface area (Å²) < 4.78 is 12.3. The minimum absolute atomic E-state index is 0.0770. The predicted molar refractivity (Wildman–Crippen MR) is 95.7 cm³/mol. The van der Waals surface area contributed by atoms with E-state index < -0.39 is 6.10 Å². The van der Waals surface area contributed by atoms with Crippen molar-refractivity contribution in [3.8, 4) is 11.4 Å². The van der Waals surface area contributed by atoms with Crippen molar-refractivity contribution in [2.75, 3.05) is 19.7 Å². The Morgan fingerprint density at radius 2 is 2.14 bits per heavy atom. The summed E-state index contributed by atoms with van der Waals surface area (Å²) >= 11 is 0. The van der Waals surface area contributed by atoms with Crippen molar-refractivity contribution in [2.24, 2.45) is 5.92 Å². The Kier molecular flexibility index (Phi) is 5.02. The number of benzene rings is 1. The lowest BCUT2D eigenvalue weighted by Crippen LogP contribution is -2.33. The van der Waals surface area contributed by atoms with Gasteiger partial charge in [0.2, 0.25) is 0 Å². The number of nitrogens with zero attached hydrogens (tertiary/aromatic N) is 6. The van der Waals surface area contributed by atoms with E-state index in [4.69, 9.17) is 9.26 Å². The molecule has 1 N–H and O–H groups in total. The number of rotatable bonds is 6. The third-order valence-electron chi connectivity index (χ3n) is 4.71. The summed E-state index contributed by atoms with van der Waals surface area (Å²) in [5.41, 5.74) is 1.59. The van der Waals surface area contributed by atoms with E-state index in [0.717, 1.165) is 17.1 Å². The number of aliphatic hydroxyl groups is 1. The van der Waals surface area contributed by atoms with Crippen LogP contribution in [0.25, 0.3) is 5.69 Å². The fourth-order valence-corrected chi connectivity index (χ4v) is 3.24. The van der Waals surface area contributed by atoms with E-state index in [1.165, 1.54) is 11.0 Å². The molecule has 1 amide bonds. The number of hydrogen-bond acceptors (Lipinski definition) is 8. The molecule has 2 aromatic heterocycles. The maximum atomic E-state index is 12.4. The van der Waals surface area contributed by atoms with Gasteiger partial charge in [-0.3, -0.25) is 4.79 Å². The number of aryl methyl sites for hydroxylation is 1. The lowest BCUT2D eigenvalue weighted by molar-refractivity contribution is -0.132. The fraction of sp³-hybridized carbons (Fsp3) is 0.389. The first-order valence-corrected chi connectivity index (χ1v) is 8.93. The second kappa shape index (κ2) is 7.77. The molecule has 28 heavy (non-hydrogen) atoms. The third-order valence-corrected chi connectivity index (χ3v) is 4.71. The highest BCUT2D eigenvalue weighted by molar-refractivity contribution is 5.78. The second-order valence-corrected chi connectivity index (χ2v) is 6.80. The van der Waals surface area contributed by atoms with Crippen LogP contribution in [0, 0.1) is 12.8 Å². The summed E-state index contributed by atoms with van der Waals surface area (Å²) in [6, 6.07) is 8.94. The monoisotopic (exact) mass is 384 g/mol. The molecule has 1 saturated heterocycles. The Labute approximate surface area is 160 Å². The number of likely N-dealkylation sites (tertiary alicyclic amines) is 1. The van der Waals surface area contributed by atoms with Crippen LogP contribution >= 0.6 is 0 Å². The van der Waals surface area contributed by atoms with Gasteiger partial charge in [0.25, 0.3) is 5.91 Å². The smallest absolute Gasteiger partial charge is 0.260 e. The van der Waals surface area contributed by atoms with Gasteiger partial charge in [-0.15, -0.1) is 5.10 Å². The van der Waals surface area contributed by atoms with Crippen molar-refractivity contribution in [1.29, 1.82) is 0 Å². The van der Waals surface area contributed by atoms with Gasteiger partial charge >= 0.3 is 0 Å². The largest absolute Gasteiger partial charge is 0.484 e. The maximum absolute atomic E-state index is 12.4. The third kappa shape index (κ3) is 4.01. The highest BCUT2D eigenvalue weighted by atomic mass is 16.5. The van der Waals surface area contributed by atoms with E-state index in [2.05, 4.69) is 20.7 Å². The van der Waals surface area contributed by atoms with Gasteiger partial charge in [0.1, 0.15) is 17.8 Å². The first-order chi connectivity index (χ1) is 13.6. The molecule has 10 nitrogen and oxygen atoms in total. The molecule has 146 valence electrons. The molecule has 1 fully saturated rings. The van der Waals surface area contributed by atoms with E-state index in [0.29, 0.717) is 18.7 Å². The standard InChI is InChI=1S/C18H20N6O4/c1-12-6-16(28-20-12)7-13-8-23(9-17(13)25)18(26)10-27-15-4-2-14(3-5-15)24-11-19-21-22-24/h2-6,11,13,17,25H,7-10H2,1H3/t13-,17-/m1/s1. The molecule has 0 bridgehead atoms. The average molecular weight is 384 g/mol. The summed E-state index contributed by atoms with van der Waals surface area (Å²) in [4.78, 5) is 14.1. The Morgan fingerprint density at radius 1 is 1.32 bits per heavy atom. The Hall–Kier alpha value is -3.27. The zero-order chi connectivity index (χ0) is 19.5. The van der Waals surface area contributed by atoms with Gasteiger partial charge in [-0.25, -0.2) is 4.68 Å². The van der Waals surface area contributed by atoms with Gasteiger partial charge in [-0.05, 0) is 41.6 Å². The normalized spacial score (nSPS) is 19.1. The highest BCUT2D eigenvalue weighted by Crippen LogP contribution is 2.22. The van der Waals surface area contributed by atoms with Crippen LogP contribution in [-0.2, 0) is 11.2 Å². The van der Waals surface area contributed by atoms with Crippen molar-refractivity contribution in [3.63, 3.8) is 0 Å². The molecule has 0 radical (unpaired) electrons. The molecule has 0 saturated carbocycles. The Balaban J connectivity index is 1.29. The van der Waals surface area contributed by atoms with Crippen LogP contribution in [-0.4, -0.2) is 67.1 Å². The van der Waals surface area contributed by atoms with E-state index in [1.807, 2.05) is 13.0 Å². The first kappa shape index (κ1) is 18.1. The second-order valence-electron chi connectivity index (χ2n) is 6.80. The molecule has 2 atom stereocenters. The minimum atomic E-state index is -0.593. The molecule has 10 heteroatoms. The Morgan fingerprint density at radius 3 is 2.82 bits per heavy atom. The van der Waals surface area contributed by atoms with Gasteiger partial charge < -0.3 is 19.3 Å². The van der Waals surface area contributed by atoms with Crippen LogP contribution in [0.1, 0.15) is 11.5 Å². The minimum Gasteiger partial charge on any atom is -0.484 e. The van der Waals surface area contributed by atoms with Crippen LogP contribution in [0.2, 0.25) is 0 Å². The van der Waals surface area contributed by atoms with Gasteiger partial charge in [-0.1, -0.05) is 5.16 Å². The molecule has 0 aliphatic carbocycles. The maximum Gasteiger partial charge on any atom is 0.260 e. The number of ether oxygens (including phenoxy) is 1. The van der Waals surface area contributed by atoms with Gasteiger partial charge in [0.05, 0.1) is 17.5 Å². The lowest BCUT2D eigenvalue weighted by atomic mass is 10.0. The summed E-state index contributed by atoms with van der Waals surface area (Å²) in [5.74, 6) is 1.04. The fourth-order valence-electron chi connectivity index (χ4n) is 3.24. The van der Waals surface area contributed by atoms with Crippen LogP contribution in [0.5, 0.6) is 5.75 Å². The highest BCUT2D eigenvalue weighted by Gasteiger charge is 2.34. The molecule has 3 aromatic rings. The van der Waals surface area contributed by atoms with Crippen molar-refractivity contribution in [3.05, 3.63) is 48.1 Å². The molecule has 0 spiro atoms. The molecular weight excluding hydrogens is 364 g/mol. The molecule has 1 aliphatic heterocycles. The lowest BCUT2D eigenvalue weighted by Gasteiger charge is -2.16. The Bertz CT molecular complexity index is 924. The van der Waals surface area contributed by atoms with Crippen molar-refractivity contribution < 1.29 is 19.2 Å². The summed E-state index contributed by atoms with van der Waals surface area (Å²) in [6.07, 6.45) is 1.45. The topological polar surface area (TPSA) is 119 Å². The van der Waals surface area contributed by atoms with E-state index in [9.17, 15) is 9.90 Å². The van der Waals surface area contributed by atoms with Crippen molar-refractivity contribution in [2.45, 2.75) is 19.4 Å². The zero-order valence-electron chi connectivity index (χ0n) is 15.3. The van der Waals surface area contributed by atoms with Crippen LogP contribution < -0.4 is 4.74 Å². The number of aromatic nitrogens is 5. The van der Waals surface area contributed by atoms with Crippen molar-refractivity contribution in [1.82, 2.24) is 30.3 Å². The molecule has 0 unspecified atom stereocenters. The quantitative estimate of drug-likeness (QED) is 0.649. The number of hydrogen-bond donors (Lipinski definition) is 1. The average Bonchev–Trinajstić information content (AvgIpc) is 3.43. The van der Waals surface area contributed by atoms with E-state index in [-0.39, 0.29) is 25.0 Å². The molecule has 3 heterocycles. The van der Waals surface area contributed by atoms with Gasteiger partial charge in [0.15, 0.2) is 6.61 Å². The number of β-amino-alcohol motifs (C(OH)–C–C–N with tert-alkyl or cyclic N) is 1. The number of carbonyl (C=O) groups is 1. The predicted octanol–water partition coefficient (Wildman–Crippen LogP) is 0.400. The van der Waals surface area contributed by atoms with Gasteiger partial charge in [0, 0.05) is 31.5 Å². The van der Waals surface area contributed by atoms with Gasteiger partial charge in [-0.2, -0.15) is 0 Å². The van der Waals surface area contributed by atoms with E-state index in [1.54, 1.807) is 29.2 Å².